The smallest absolute Gasteiger partial charge is 0.104 e. The highest BCUT2D eigenvalue weighted by Crippen LogP contribution is 2.23. The third kappa shape index (κ3) is 2.43. The second-order valence-corrected chi connectivity index (χ2v) is 4.30. The molecule has 2 aromatic carbocycles. The van der Waals surface area contributed by atoms with E-state index in [4.69, 9.17) is 11.6 Å². The summed E-state index contributed by atoms with van der Waals surface area (Å²) in [4.78, 5) is 0. The molecular weight excluding hydrogens is 220 g/mol. The Balaban J connectivity index is 2.28. The summed E-state index contributed by atoms with van der Waals surface area (Å²) in [7, 11) is 0. The monoisotopic (exact) mass is 232 g/mol. The SMILES string of the molecule is Cc1ccc([C@H](O)c2ccc(Cl)cc2)cc1. The van der Waals surface area contributed by atoms with Gasteiger partial charge in [0.15, 0.2) is 0 Å². The fourth-order valence-electron chi connectivity index (χ4n) is 1.59. The van der Waals surface area contributed by atoms with Crippen LogP contribution in [0.4, 0.5) is 0 Å². The normalized spacial score (nSPS) is 12.4. The van der Waals surface area contributed by atoms with Crippen molar-refractivity contribution in [3.8, 4) is 0 Å². The Kier molecular flexibility index (Phi) is 3.28. The number of rotatable bonds is 2. The summed E-state index contributed by atoms with van der Waals surface area (Å²) >= 11 is 5.80. The Labute approximate surface area is 100 Å². The summed E-state index contributed by atoms with van der Waals surface area (Å²) < 4.78 is 0. The van der Waals surface area contributed by atoms with E-state index in [1.165, 1.54) is 5.56 Å². The molecule has 0 aliphatic carbocycles. The lowest BCUT2D eigenvalue weighted by Gasteiger charge is -2.11. The molecule has 1 N–H and O–H groups in total. The lowest BCUT2D eigenvalue weighted by molar-refractivity contribution is 0.220. The Morgan fingerprint density at radius 1 is 0.875 bits per heavy atom. The van der Waals surface area contributed by atoms with E-state index in [-0.39, 0.29) is 0 Å². The van der Waals surface area contributed by atoms with Crippen LogP contribution in [-0.2, 0) is 0 Å². The summed E-state index contributed by atoms with van der Waals surface area (Å²) in [5.74, 6) is 0. The number of hydrogen-bond donors (Lipinski definition) is 1. The quantitative estimate of drug-likeness (QED) is 0.837. The first-order chi connectivity index (χ1) is 7.66. The van der Waals surface area contributed by atoms with E-state index in [1.807, 2.05) is 43.3 Å². The third-order valence-electron chi connectivity index (χ3n) is 2.58. The van der Waals surface area contributed by atoms with Gasteiger partial charge in [0.2, 0.25) is 0 Å². The topological polar surface area (TPSA) is 20.2 Å². The van der Waals surface area contributed by atoms with Crippen LogP contribution in [0, 0.1) is 6.92 Å². The largest absolute Gasteiger partial charge is 0.384 e. The van der Waals surface area contributed by atoms with Crippen molar-refractivity contribution in [3.05, 3.63) is 70.2 Å². The molecule has 16 heavy (non-hydrogen) atoms. The van der Waals surface area contributed by atoms with Gasteiger partial charge in [-0.05, 0) is 30.2 Å². The van der Waals surface area contributed by atoms with E-state index in [9.17, 15) is 5.11 Å². The summed E-state index contributed by atoms with van der Waals surface area (Å²) in [5, 5.41) is 10.8. The molecule has 2 rings (SSSR count). The lowest BCUT2D eigenvalue weighted by Crippen LogP contribution is -1.98. The number of aliphatic hydroxyl groups excluding tert-OH is 1. The van der Waals surface area contributed by atoms with Gasteiger partial charge in [0, 0.05) is 5.02 Å². The molecule has 2 aromatic rings. The predicted octanol–water partition coefficient (Wildman–Crippen LogP) is 3.73. The molecule has 0 saturated heterocycles. The van der Waals surface area contributed by atoms with Crippen molar-refractivity contribution in [2.24, 2.45) is 0 Å². The molecule has 0 aliphatic heterocycles. The number of benzene rings is 2. The van der Waals surface area contributed by atoms with Crippen LogP contribution < -0.4 is 0 Å². The Bertz CT molecular complexity index is 414. The highest BCUT2D eigenvalue weighted by molar-refractivity contribution is 6.30. The van der Waals surface area contributed by atoms with E-state index < -0.39 is 6.10 Å². The number of halogens is 1. The van der Waals surface area contributed by atoms with Crippen molar-refractivity contribution in [2.75, 3.05) is 0 Å². The molecule has 0 fully saturated rings. The first kappa shape index (κ1) is 11.2. The summed E-state index contributed by atoms with van der Waals surface area (Å²) in [6.45, 7) is 2.03. The van der Waals surface area contributed by atoms with E-state index in [0.29, 0.717) is 5.02 Å². The fraction of sp³-hybridized carbons (Fsp3) is 0.143. The van der Waals surface area contributed by atoms with Gasteiger partial charge in [-0.25, -0.2) is 0 Å². The molecule has 0 radical (unpaired) electrons. The summed E-state index contributed by atoms with van der Waals surface area (Å²) in [5.41, 5.74) is 2.94. The zero-order chi connectivity index (χ0) is 11.5. The molecule has 0 amide bonds. The average molecular weight is 233 g/mol. The minimum absolute atomic E-state index is 0.585. The van der Waals surface area contributed by atoms with Crippen molar-refractivity contribution >= 4 is 11.6 Å². The van der Waals surface area contributed by atoms with E-state index in [1.54, 1.807) is 12.1 Å². The molecule has 1 atom stereocenters. The van der Waals surface area contributed by atoms with Gasteiger partial charge in [0.1, 0.15) is 6.10 Å². The van der Waals surface area contributed by atoms with Crippen LogP contribution >= 0.6 is 11.6 Å². The van der Waals surface area contributed by atoms with Crippen LogP contribution in [0.3, 0.4) is 0 Å². The van der Waals surface area contributed by atoms with Crippen molar-refractivity contribution in [1.82, 2.24) is 0 Å². The van der Waals surface area contributed by atoms with Gasteiger partial charge in [0.25, 0.3) is 0 Å². The predicted molar refractivity (Wildman–Crippen MR) is 66.7 cm³/mol. The van der Waals surface area contributed by atoms with Crippen LogP contribution in [0.1, 0.15) is 22.8 Å². The maximum absolute atomic E-state index is 10.1. The van der Waals surface area contributed by atoms with Crippen LogP contribution in [-0.4, -0.2) is 5.11 Å². The second-order valence-electron chi connectivity index (χ2n) is 3.86. The van der Waals surface area contributed by atoms with Crippen molar-refractivity contribution < 1.29 is 5.11 Å². The number of aryl methyl sites for hydroxylation is 1. The first-order valence-corrected chi connectivity index (χ1v) is 5.55. The molecular formula is C14H13ClO. The van der Waals surface area contributed by atoms with Gasteiger partial charge in [0.05, 0.1) is 0 Å². The first-order valence-electron chi connectivity index (χ1n) is 5.17. The zero-order valence-electron chi connectivity index (χ0n) is 9.02. The minimum Gasteiger partial charge on any atom is -0.384 e. The van der Waals surface area contributed by atoms with Crippen molar-refractivity contribution in [3.63, 3.8) is 0 Å². The fourth-order valence-corrected chi connectivity index (χ4v) is 1.71. The Hall–Kier alpha value is -1.31. The van der Waals surface area contributed by atoms with Crippen LogP contribution in [0.25, 0.3) is 0 Å². The van der Waals surface area contributed by atoms with Gasteiger partial charge in [-0.2, -0.15) is 0 Å². The molecule has 0 aromatic heterocycles. The molecule has 0 saturated carbocycles. The van der Waals surface area contributed by atoms with E-state index >= 15 is 0 Å². The van der Waals surface area contributed by atoms with Crippen LogP contribution in [0.2, 0.25) is 5.02 Å². The molecule has 0 spiro atoms. The standard InChI is InChI=1S/C14H13ClO/c1-10-2-4-11(5-3-10)14(16)12-6-8-13(15)9-7-12/h2-9,14,16H,1H3/t14-/m0/s1. The molecule has 1 nitrogen and oxygen atoms in total. The molecule has 0 unspecified atom stereocenters. The molecule has 0 aliphatic rings. The van der Waals surface area contributed by atoms with Crippen LogP contribution in [0.5, 0.6) is 0 Å². The molecule has 82 valence electrons. The summed E-state index contributed by atoms with van der Waals surface area (Å²) in [6, 6.07) is 15.1. The van der Waals surface area contributed by atoms with Crippen molar-refractivity contribution in [1.29, 1.82) is 0 Å². The minimum atomic E-state index is -0.585. The lowest BCUT2D eigenvalue weighted by atomic mass is 10.0. The summed E-state index contributed by atoms with van der Waals surface area (Å²) in [6.07, 6.45) is -0.585. The van der Waals surface area contributed by atoms with E-state index in [2.05, 4.69) is 0 Å². The Morgan fingerprint density at radius 3 is 1.81 bits per heavy atom. The molecule has 0 heterocycles. The maximum atomic E-state index is 10.1. The number of hydrogen-bond acceptors (Lipinski definition) is 1. The third-order valence-corrected chi connectivity index (χ3v) is 2.83. The second kappa shape index (κ2) is 4.69. The highest BCUT2D eigenvalue weighted by atomic mass is 35.5. The Morgan fingerprint density at radius 2 is 1.31 bits per heavy atom. The molecule has 0 bridgehead atoms. The van der Waals surface area contributed by atoms with Gasteiger partial charge >= 0.3 is 0 Å². The van der Waals surface area contributed by atoms with Crippen molar-refractivity contribution in [2.45, 2.75) is 13.0 Å². The average Bonchev–Trinajstić information content (AvgIpc) is 2.30. The highest BCUT2D eigenvalue weighted by Gasteiger charge is 2.09. The van der Waals surface area contributed by atoms with Gasteiger partial charge < -0.3 is 5.11 Å². The van der Waals surface area contributed by atoms with E-state index in [0.717, 1.165) is 11.1 Å². The maximum Gasteiger partial charge on any atom is 0.104 e. The van der Waals surface area contributed by atoms with Crippen LogP contribution in [0.15, 0.2) is 48.5 Å². The zero-order valence-corrected chi connectivity index (χ0v) is 9.78. The number of aliphatic hydroxyl groups is 1. The van der Waals surface area contributed by atoms with Gasteiger partial charge in [-0.1, -0.05) is 53.6 Å². The molecule has 2 heteroatoms. The van der Waals surface area contributed by atoms with Gasteiger partial charge in [-0.15, -0.1) is 0 Å². The van der Waals surface area contributed by atoms with Gasteiger partial charge in [-0.3, -0.25) is 0 Å².